The number of unbranched alkanes of at least 4 members (excludes halogenated alkanes) is 3. The Labute approximate surface area is 64.6 Å². The quantitative estimate of drug-likeness (QED) is 0.462. The Morgan fingerprint density at radius 1 is 1.10 bits per heavy atom. The van der Waals surface area contributed by atoms with Crippen molar-refractivity contribution in [1.29, 1.82) is 0 Å². The predicted octanol–water partition coefficient (Wildman–Crippen LogP) is 2.57. The Morgan fingerprint density at radius 3 is 2.10 bits per heavy atom. The second-order valence-electron chi connectivity index (χ2n) is 1.97. The monoisotopic (exact) mass is 147 g/mol. The highest BCUT2D eigenvalue weighted by Gasteiger charge is 1.83. The summed E-state index contributed by atoms with van der Waals surface area (Å²) in [7, 11) is 0. The summed E-state index contributed by atoms with van der Waals surface area (Å²) in [5.41, 5.74) is 2.13. The van der Waals surface area contributed by atoms with Crippen LogP contribution >= 0.6 is 0 Å². The van der Waals surface area contributed by atoms with Gasteiger partial charge >= 0.3 is 0 Å². The highest BCUT2D eigenvalue weighted by atomic mass is 16.5. The lowest BCUT2D eigenvalue weighted by atomic mass is 10.2. The maximum Gasteiger partial charge on any atom is 0.0207 e. The van der Waals surface area contributed by atoms with Gasteiger partial charge in [-0.25, -0.2) is 5.48 Å². The van der Waals surface area contributed by atoms with E-state index in [1.165, 1.54) is 19.3 Å². The predicted molar refractivity (Wildman–Crippen MR) is 45.3 cm³/mol. The number of nitrogens with one attached hydrogen (secondary N) is 1. The van der Waals surface area contributed by atoms with Crippen LogP contribution in [0.5, 0.6) is 0 Å². The van der Waals surface area contributed by atoms with Crippen LogP contribution in [0.15, 0.2) is 0 Å². The first-order chi connectivity index (χ1) is 4.91. The Hall–Kier alpha value is -0.0800. The third-order valence-corrected chi connectivity index (χ3v) is 1.14. The van der Waals surface area contributed by atoms with Crippen LogP contribution in [0.3, 0.4) is 0 Å². The fourth-order valence-corrected chi connectivity index (χ4v) is 0.631. The third kappa shape index (κ3) is 15.7. The molecular formula is C8H21NO. The van der Waals surface area contributed by atoms with E-state index in [1.807, 2.05) is 13.8 Å². The maximum atomic E-state index is 8.12. The van der Waals surface area contributed by atoms with Crippen molar-refractivity contribution in [2.24, 2.45) is 0 Å². The molecule has 0 saturated heterocycles. The highest BCUT2D eigenvalue weighted by Crippen LogP contribution is 1.96. The van der Waals surface area contributed by atoms with Crippen molar-refractivity contribution in [2.45, 2.75) is 46.5 Å². The van der Waals surface area contributed by atoms with E-state index < -0.39 is 0 Å². The number of hydroxylamine groups is 1. The average molecular weight is 147 g/mol. The molecule has 0 unspecified atom stereocenters. The van der Waals surface area contributed by atoms with Crippen LogP contribution < -0.4 is 5.48 Å². The van der Waals surface area contributed by atoms with E-state index in [0.29, 0.717) is 0 Å². The summed E-state index contributed by atoms with van der Waals surface area (Å²) in [5.74, 6) is 0. The minimum atomic E-state index is 0.736. The van der Waals surface area contributed by atoms with Crippen molar-refractivity contribution in [2.75, 3.05) is 6.54 Å². The lowest BCUT2D eigenvalue weighted by molar-refractivity contribution is 0.164. The molecule has 0 aliphatic heterocycles. The van der Waals surface area contributed by atoms with Gasteiger partial charge in [-0.2, -0.15) is 0 Å². The van der Waals surface area contributed by atoms with E-state index in [0.717, 1.165) is 13.0 Å². The smallest absolute Gasteiger partial charge is 0.0207 e. The molecule has 0 aromatic heterocycles. The summed E-state index contributed by atoms with van der Waals surface area (Å²) >= 11 is 0. The highest BCUT2D eigenvalue weighted by molar-refractivity contribution is 4.39. The van der Waals surface area contributed by atoms with Gasteiger partial charge in [0, 0.05) is 6.54 Å². The molecule has 0 aliphatic carbocycles. The lowest BCUT2D eigenvalue weighted by Crippen LogP contribution is -2.07. The summed E-state index contributed by atoms with van der Waals surface area (Å²) in [6, 6.07) is 0. The van der Waals surface area contributed by atoms with Crippen molar-refractivity contribution in [3.8, 4) is 0 Å². The van der Waals surface area contributed by atoms with Crippen molar-refractivity contribution in [3.05, 3.63) is 0 Å². The Bertz CT molecular complexity index is 34.2. The Balaban J connectivity index is 0. The second kappa shape index (κ2) is 16.0. The van der Waals surface area contributed by atoms with Gasteiger partial charge in [-0.1, -0.05) is 40.0 Å². The summed E-state index contributed by atoms with van der Waals surface area (Å²) in [5, 5.41) is 8.12. The minimum Gasteiger partial charge on any atom is -0.317 e. The molecule has 0 heterocycles. The second-order valence-corrected chi connectivity index (χ2v) is 1.97. The van der Waals surface area contributed by atoms with Crippen LogP contribution in [0, 0.1) is 0 Å². The lowest BCUT2D eigenvalue weighted by Gasteiger charge is -1.94. The van der Waals surface area contributed by atoms with E-state index >= 15 is 0 Å². The summed E-state index contributed by atoms with van der Waals surface area (Å²) < 4.78 is 0. The molecule has 0 bridgehead atoms. The van der Waals surface area contributed by atoms with E-state index in [1.54, 1.807) is 0 Å². The van der Waals surface area contributed by atoms with Gasteiger partial charge < -0.3 is 5.21 Å². The van der Waals surface area contributed by atoms with Gasteiger partial charge in [0.25, 0.3) is 0 Å². The fourth-order valence-electron chi connectivity index (χ4n) is 0.631. The summed E-state index contributed by atoms with van der Waals surface area (Å²) in [6.07, 6.45) is 4.85. The van der Waals surface area contributed by atoms with Gasteiger partial charge in [-0.05, 0) is 6.42 Å². The standard InChI is InChI=1S/C6H15NO.C2H6/c1-2-3-4-5-6-7-8;1-2/h7-8H,2-6H2,1H3;1-2H3. The maximum absolute atomic E-state index is 8.12. The molecule has 0 atom stereocenters. The molecule has 0 amide bonds. The molecule has 64 valence electrons. The van der Waals surface area contributed by atoms with Crippen molar-refractivity contribution < 1.29 is 5.21 Å². The molecule has 0 fully saturated rings. The van der Waals surface area contributed by atoms with E-state index in [4.69, 9.17) is 5.21 Å². The Kier molecular flexibility index (Phi) is 20.1. The van der Waals surface area contributed by atoms with Gasteiger partial charge in [0.05, 0.1) is 0 Å². The molecule has 0 aromatic rings. The molecule has 0 radical (unpaired) electrons. The van der Waals surface area contributed by atoms with Gasteiger partial charge in [0.1, 0.15) is 0 Å². The topological polar surface area (TPSA) is 32.3 Å². The zero-order valence-corrected chi connectivity index (χ0v) is 7.48. The SMILES string of the molecule is CC.CCCCCCNO. The van der Waals surface area contributed by atoms with Crippen LogP contribution in [0.25, 0.3) is 0 Å². The zero-order chi connectivity index (χ0) is 8.24. The molecule has 2 heteroatoms. The summed E-state index contributed by atoms with van der Waals surface area (Å²) in [4.78, 5) is 0. The van der Waals surface area contributed by atoms with Gasteiger partial charge in [-0.15, -0.1) is 0 Å². The summed E-state index contributed by atoms with van der Waals surface area (Å²) in [6.45, 7) is 6.91. The van der Waals surface area contributed by atoms with Gasteiger partial charge in [0.2, 0.25) is 0 Å². The van der Waals surface area contributed by atoms with Crippen LogP contribution in [-0.4, -0.2) is 11.8 Å². The van der Waals surface area contributed by atoms with Crippen molar-refractivity contribution in [3.63, 3.8) is 0 Å². The molecule has 0 saturated carbocycles. The average Bonchev–Trinajstić information content (AvgIpc) is 2.02. The molecule has 10 heavy (non-hydrogen) atoms. The molecular weight excluding hydrogens is 126 g/mol. The molecule has 2 N–H and O–H groups in total. The first-order valence-corrected chi connectivity index (χ1v) is 4.28. The van der Waals surface area contributed by atoms with E-state index in [2.05, 4.69) is 12.4 Å². The largest absolute Gasteiger partial charge is 0.317 e. The molecule has 0 rings (SSSR count). The van der Waals surface area contributed by atoms with Gasteiger partial charge in [0.15, 0.2) is 0 Å². The number of hydrogen-bond acceptors (Lipinski definition) is 2. The molecule has 0 aliphatic rings. The van der Waals surface area contributed by atoms with E-state index in [-0.39, 0.29) is 0 Å². The number of rotatable bonds is 5. The zero-order valence-electron chi connectivity index (χ0n) is 7.48. The minimum absolute atomic E-state index is 0.736. The van der Waals surface area contributed by atoms with Crippen LogP contribution in [0.1, 0.15) is 46.5 Å². The van der Waals surface area contributed by atoms with Crippen LogP contribution in [0.2, 0.25) is 0 Å². The van der Waals surface area contributed by atoms with Crippen molar-refractivity contribution >= 4 is 0 Å². The molecule has 0 aromatic carbocycles. The molecule has 2 nitrogen and oxygen atoms in total. The first-order valence-electron chi connectivity index (χ1n) is 4.28. The van der Waals surface area contributed by atoms with Gasteiger partial charge in [-0.3, -0.25) is 0 Å². The number of hydrogen-bond donors (Lipinski definition) is 2. The molecule has 0 spiro atoms. The first kappa shape index (κ1) is 12.6. The fraction of sp³-hybridized carbons (Fsp3) is 1.00. The normalized spacial score (nSPS) is 8.40. The third-order valence-electron chi connectivity index (χ3n) is 1.14. The van der Waals surface area contributed by atoms with E-state index in [9.17, 15) is 0 Å². The Morgan fingerprint density at radius 2 is 1.70 bits per heavy atom. The van der Waals surface area contributed by atoms with Crippen LogP contribution in [-0.2, 0) is 0 Å². The van der Waals surface area contributed by atoms with Crippen molar-refractivity contribution in [1.82, 2.24) is 5.48 Å². The van der Waals surface area contributed by atoms with Crippen LogP contribution in [0.4, 0.5) is 0 Å².